The van der Waals surface area contributed by atoms with Crippen molar-refractivity contribution < 1.29 is 9.53 Å². The van der Waals surface area contributed by atoms with E-state index in [9.17, 15) is 4.79 Å². The van der Waals surface area contributed by atoms with E-state index in [0.29, 0.717) is 5.56 Å². The molecule has 0 bridgehead atoms. The zero-order chi connectivity index (χ0) is 18.4. The molecule has 0 aromatic heterocycles. The van der Waals surface area contributed by atoms with Crippen LogP contribution in [-0.4, -0.2) is 25.7 Å². The number of ether oxygens (including phenoxy) is 1. The van der Waals surface area contributed by atoms with E-state index in [1.165, 1.54) is 24.8 Å². The molecule has 2 aromatic rings. The van der Waals surface area contributed by atoms with Crippen molar-refractivity contribution in [3.05, 3.63) is 59.2 Å². The van der Waals surface area contributed by atoms with E-state index in [1.807, 2.05) is 19.1 Å². The molecule has 4 heteroatoms. The van der Waals surface area contributed by atoms with Crippen molar-refractivity contribution in [2.24, 2.45) is 11.7 Å². The highest BCUT2D eigenvalue weighted by Gasteiger charge is 2.12. The van der Waals surface area contributed by atoms with Crippen molar-refractivity contribution in [1.82, 2.24) is 5.32 Å². The monoisotopic (exact) mass is 352 g/mol. The van der Waals surface area contributed by atoms with Crippen LogP contribution < -0.4 is 11.1 Å². The largest absolute Gasteiger partial charge is 0.381 e. The number of hydrogen-bond acceptors (Lipinski definition) is 3. The van der Waals surface area contributed by atoms with Gasteiger partial charge in [-0.1, -0.05) is 30.3 Å². The Morgan fingerprint density at radius 1 is 1.15 bits per heavy atom. The van der Waals surface area contributed by atoms with Crippen LogP contribution in [-0.2, 0) is 11.3 Å². The SMILES string of the molecule is Cc1cc(C(N)=O)ccc1-c1ccc(CNCCC2CCOCC2)cc1. The lowest BCUT2D eigenvalue weighted by molar-refractivity contribution is 0.0639. The van der Waals surface area contributed by atoms with E-state index in [0.717, 1.165) is 48.9 Å². The van der Waals surface area contributed by atoms with Crippen LogP contribution in [0.2, 0.25) is 0 Å². The summed E-state index contributed by atoms with van der Waals surface area (Å²) in [6, 6.07) is 14.2. The highest BCUT2D eigenvalue weighted by Crippen LogP contribution is 2.24. The quantitative estimate of drug-likeness (QED) is 0.747. The van der Waals surface area contributed by atoms with Gasteiger partial charge < -0.3 is 15.8 Å². The molecule has 1 saturated heterocycles. The molecule has 2 aromatic carbocycles. The maximum atomic E-state index is 11.3. The van der Waals surface area contributed by atoms with E-state index in [1.54, 1.807) is 6.07 Å². The number of amides is 1. The molecule has 3 rings (SSSR count). The van der Waals surface area contributed by atoms with Gasteiger partial charge >= 0.3 is 0 Å². The maximum absolute atomic E-state index is 11.3. The van der Waals surface area contributed by atoms with Crippen LogP contribution >= 0.6 is 0 Å². The Morgan fingerprint density at radius 2 is 1.88 bits per heavy atom. The minimum Gasteiger partial charge on any atom is -0.381 e. The van der Waals surface area contributed by atoms with Gasteiger partial charge in [-0.3, -0.25) is 4.79 Å². The molecule has 0 aliphatic carbocycles. The van der Waals surface area contributed by atoms with Gasteiger partial charge in [-0.15, -0.1) is 0 Å². The highest BCUT2D eigenvalue weighted by molar-refractivity contribution is 5.93. The van der Waals surface area contributed by atoms with Gasteiger partial charge in [0, 0.05) is 25.3 Å². The van der Waals surface area contributed by atoms with Gasteiger partial charge in [0.05, 0.1) is 0 Å². The number of hydrogen-bond donors (Lipinski definition) is 2. The summed E-state index contributed by atoms with van der Waals surface area (Å²) in [5.41, 5.74) is 10.5. The minimum atomic E-state index is -0.387. The number of carbonyl (C=O) groups excluding carboxylic acids is 1. The van der Waals surface area contributed by atoms with Gasteiger partial charge in [0.1, 0.15) is 0 Å². The van der Waals surface area contributed by atoms with Crippen LogP contribution in [0, 0.1) is 12.8 Å². The van der Waals surface area contributed by atoms with Gasteiger partial charge in [-0.2, -0.15) is 0 Å². The summed E-state index contributed by atoms with van der Waals surface area (Å²) < 4.78 is 5.41. The first-order valence-corrected chi connectivity index (χ1v) is 9.41. The molecule has 1 aliphatic heterocycles. The summed E-state index contributed by atoms with van der Waals surface area (Å²) in [5.74, 6) is 0.423. The first kappa shape index (κ1) is 18.6. The topological polar surface area (TPSA) is 64.4 Å². The Hall–Kier alpha value is -2.17. The number of carbonyl (C=O) groups is 1. The molecule has 0 unspecified atom stereocenters. The number of nitrogens with one attached hydrogen (secondary N) is 1. The van der Waals surface area contributed by atoms with E-state index in [2.05, 4.69) is 29.6 Å². The molecule has 1 fully saturated rings. The molecule has 0 spiro atoms. The Bertz CT molecular complexity index is 734. The summed E-state index contributed by atoms with van der Waals surface area (Å²) in [4.78, 5) is 11.3. The molecule has 0 saturated carbocycles. The molecule has 26 heavy (non-hydrogen) atoms. The second-order valence-corrected chi connectivity index (χ2v) is 7.11. The fourth-order valence-corrected chi connectivity index (χ4v) is 3.52. The van der Waals surface area contributed by atoms with Crippen molar-refractivity contribution in [3.63, 3.8) is 0 Å². The summed E-state index contributed by atoms with van der Waals surface area (Å²) in [5, 5.41) is 3.55. The molecule has 1 aliphatic rings. The lowest BCUT2D eigenvalue weighted by Crippen LogP contribution is -2.22. The van der Waals surface area contributed by atoms with Crippen molar-refractivity contribution in [2.45, 2.75) is 32.7 Å². The zero-order valence-electron chi connectivity index (χ0n) is 15.5. The summed E-state index contributed by atoms with van der Waals surface area (Å²) in [6.45, 7) is 5.80. The second-order valence-electron chi connectivity index (χ2n) is 7.11. The van der Waals surface area contributed by atoms with Crippen LogP contribution in [0.1, 0.15) is 40.7 Å². The number of rotatable bonds is 7. The molecular weight excluding hydrogens is 324 g/mol. The number of benzene rings is 2. The highest BCUT2D eigenvalue weighted by atomic mass is 16.5. The molecule has 1 heterocycles. The molecule has 0 radical (unpaired) electrons. The van der Waals surface area contributed by atoms with Crippen molar-refractivity contribution in [2.75, 3.05) is 19.8 Å². The maximum Gasteiger partial charge on any atom is 0.248 e. The molecular formula is C22H28N2O2. The molecule has 4 nitrogen and oxygen atoms in total. The summed E-state index contributed by atoms with van der Waals surface area (Å²) >= 11 is 0. The number of nitrogens with two attached hydrogens (primary N) is 1. The Kier molecular flexibility index (Phi) is 6.42. The summed E-state index contributed by atoms with van der Waals surface area (Å²) in [6.07, 6.45) is 3.63. The van der Waals surface area contributed by atoms with E-state index in [-0.39, 0.29) is 5.91 Å². The van der Waals surface area contributed by atoms with E-state index in [4.69, 9.17) is 10.5 Å². The number of primary amides is 1. The Morgan fingerprint density at radius 3 is 2.54 bits per heavy atom. The van der Waals surface area contributed by atoms with Crippen molar-refractivity contribution >= 4 is 5.91 Å². The lowest BCUT2D eigenvalue weighted by Gasteiger charge is -2.21. The second kappa shape index (κ2) is 8.97. The van der Waals surface area contributed by atoms with Crippen LogP contribution in [0.5, 0.6) is 0 Å². The third-order valence-electron chi connectivity index (χ3n) is 5.18. The van der Waals surface area contributed by atoms with Gasteiger partial charge in [0.15, 0.2) is 0 Å². The molecule has 3 N–H and O–H groups in total. The minimum absolute atomic E-state index is 0.387. The molecule has 0 atom stereocenters. The predicted molar refractivity (Wildman–Crippen MR) is 105 cm³/mol. The first-order chi connectivity index (χ1) is 12.6. The number of aryl methyl sites for hydroxylation is 1. The Balaban J connectivity index is 1.52. The standard InChI is InChI=1S/C22H28N2O2/c1-16-14-20(22(23)25)6-7-21(16)19-4-2-18(3-5-19)15-24-11-8-17-9-12-26-13-10-17/h2-7,14,17,24H,8-13,15H2,1H3,(H2,23,25). The average Bonchev–Trinajstić information content (AvgIpc) is 2.66. The average molecular weight is 352 g/mol. The van der Waals surface area contributed by atoms with Gasteiger partial charge in [0.2, 0.25) is 5.91 Å². The van der Waals surface area contributed by atoms with Crippen LogP contribution in [0.3, 0.4) is 0 Å². The summed E-state index contributed by atoms with van der Waals surface area (Å²) in [7, 11) is 0. The van der Waals surface area contributed by atoms with Crippen molar-refractivity contribution in [3.8, 4) is 11.1 Å². The first-order valence-electron chi connectivity index (χ1n) is 9.41. The normalized spacial score (nSPS) is 15.1. The lowest BCUT2D eigenvalue weighted by atomic mass is 9.96. The predicted octanol–water partition coefficient (Wildman–Crippen LogP) is 3.67. The van der Waals surface area contributed by atoms with E-state index < -0.39 is 0 Å². The van der Waals surface area contributed by atoms with Gasteiger partial charge in [0.25, 0.3) is 0 Å². The third-order valence-corrected chi connectivity index (χ3v) is 5.18. The Labute approximate surface area is 155 Å². The van der Waals surface area contributed by atoms with Gasteiger partial charge in [-0.25, -0.2) is 0 Å². The fraction of sp³-hybridized carbons (Fsp3) is 0.409. The van der Waals surface area contributed by atoms with Crippen molar-refractivity contribution in [1.29, 1.82) is 0 Å². The molecule has 1 amide bonds. The van der Waals surface area contributed by atoms with Crippen LogP contribution in [0.4, 0.5) is 0 Å². The van der Waals surface area contributed by atoms with Crippen LogP contribution in [0.25, 0.3) is 11.1 Å². The van der Waals surface area contributed by atoms with Crippen LogP contribution in [0.15, 0.2) is 42.5 Å². The zero-order valence-corrected chi connectivity index (χ0v) is 15.5. The smallest absolute Gasteiger partial charge is 0.248 e. The third kappa shape index (κ3) is 4.93. The van der Waals surface area contributed by atoms with E-state index >= 15 is 0 Å². The fourth-order valence-electron chi connectivity index (χ4n) is 3.52. The van der Waals surface area contributed by atoms with Gasteiger partial charge in [-0.05, 0) is 73.0 Å². The molecule has 138 valence electrons.